The lowest BCUT2D eigenvalue weighted by Gasteiger charge is -2.37. The maximum Gasteiger partial charge on any atom is 0.335 e. The van der Waals surface area contributed by atoms with E-state index in [1.54, 1.807) is 36.4 Å². The van der Waals surface area contributed by atoms with Gasteiger partial charge in [-0.3, -0.25) is 9.69 Å². The van der Waals surface area contributed by atoms with Gasteiger partial charge in [-0.15, -0.1) is 0 Å². The zero-order chi connectivity index (χ0) is 28.1. The summed E-state index contributed by atoms with van der Waals surface area (Å²) >= 11 is 0. The van der Waals surface area contributed by atoms with Gasteiger partial charge in [0.1, 0.15) is 17.4 Å². The van der Waals surface area contributed by atoms with Crippen LogP contribution < -0.4 is 9.47 Å². The van der Waals surface area contributed by atoms with Crippen LogP contribution in [0.4, 0.5) is 0 Å². The van der Waals surface area contributed by atoms with Gasteiger partial charge < -0.3 is 24.6 Å². The summed E-state index contributed by atoms with van der Waals surface area (Å²) in [6.07, 6.45) is 1.40. The molecule has 9 heteroatoms. The Bertz CT molecular complexity index is 1310. The third-order valence-electron chi connectivity index (χ3n) is 7.07. The summed E-state index contributed by atoms with van der Waals surface area (Å²) in [4.78, 5) is 33.2. The standard InChI is InChI=1S/C30H35N3O6/c1-19-15-33(20(2)18-34)29(35)26-13-24(23-6-5-7-25(12-23)38-4)14-31-28(26)39-27(19)17-32(3)16-21-8-10-22(11-9-21)30(36)37/h5-14,19-20,27,34H,15-18H2,1-4H3,(H,36,37)/t19-,20-,27+/m0/s1. The van der Waals surface area contributed by atoms with E-state index in [-0.39, 0.29) is 42.0 Å². The molecule has 206 valence electrons. The number of pyridine rings is 1. The Morgan fingerprint density at radius 2 is 1.95 bits per heavy atom. The largest absolute Gasteiger partial charge is 0.497 e. The van der Waals surface area contributed by atoms with Crippen molar-refractivity contribution in [1.29, 1.82) is 0 Å². The van der Waals surface area contributed by atoms with E-state index in [9.17, 15) is 14.7 Å². The van der Waals surface area contributed by atoms with E-state index in [1.807, 2.05) is 57.3 Å². The molecule has 0 aliphatic carbocycles. The molecule has 4 rings (SSSR count). The number of rotatable bonds is 9. The molecule has 1 aliphatic rings. The molecule has 0 fully saturated rings. The van der Waals surface area contributed by atoms with E-state index in [2.05, 4.69) is 9.88 Å². The average molecular weight is 534 g/mol. The Morgan fingerprint density at radius 3 is 2.62 bits per heavy atom. The van der Waals surface area contributed by atoms with E-state index in [0.717, 1.165) is 16.7 Å². The normalized spacial score (nSPS) is 18.1. The number of aliphatic hydroxyl groups excluding tert-OH is 1. The van der Waals surface area contributed by atoms with E-state index < -0.39 is 5.97 Å². The number of nitrogens with zero attached hydrogens (tertiary/aromatic N) is 3. The maximum atomic E-state index is 13.7. The van der Waals surface area contributed by atoms with Gasteiger partial charge in [-0.1, -0.05) is 31.2 Å². The molecule has 3 aromatic rings. The van der Waals surface area contributed by atoms with Crippen LogP contribution in [0.5, 0.6) is 11.6 Å². The molecule has 1 aromatic heterocycles. The second-order valence-corrected chi connectivity index (χ2v) is 10.1. The Balaban J connectivity index is 1.62. The topological polar surface area (TPSA) is 112 Å². The molecule has 0 bridgehead atoms. The first-order valence-corrected chi connectivity index (χ1v) is 12.9. The molecule has 3 atom stereocenters. The van der Waals surface area contributed by atoms with Crippen LogP contribution in [0.25, 0.3) is 11.1 Å². The lowest BCUT2D eigenvalue weighted by molar-refractivity contribution is 0.0325. The van der Waals surface area contributed by atoms with Crippen LogP contribution in [0.1, 0.15) is 40.1 Å². The van der Waals surface area contributed by atoms with Crippen molar-refractivity contribution in [1.82, 2.24) is 14.8 Å². The molecule has 0 spiro atoms. The number of aromatic nitrogens is 1. The number of fused-ring (bicyclic) bond motifs is 1. The molecule has 0 unspecified atom stereocenters. The molecular formula is C30H35N3O6. The quantitative estimate of drug-likeness (QED) is 0.427. The predicted octanol–water partition coefficient (Wildman–Crippen LogP) is 3.81. The number of likely N-dealkylation sites (N-methyl/N-ethyl adjacent to an activating group) is 1. The van der Waals surface area contributed by atoms with Crippen molar-refractivity contribution < 1.29 is 29.3 Å². The zero-order valence-corrected chi connectivity index (χ0v) is 22.7. The Labute approximate surface area is 228 Å². The molecule has 9 nitrogen and oxygen atoms in total. The van der Waals surface area contributed by atoms with Crippen LogP contribution in [-0.2, 0) is 6.54 Å². The van der Waals surface area contributed by atoms with Crippen molar-refractivity contribution in [3.05, 3.63) is 77.5 Å². The number of aromatic carboxylic acids is 1. The van der Waals surface area contributed by atoms with Gasteiger partial charge in [-0.25, -0.2) is 9.78 Å². The van der Waals surface area contributed by atoms with Gasteiger partial charge >= 0.3 is 5.97 Å². The molecule has 2 N–H and O–H groups in total. The summed E-state index contributed by atoms with van der Waals surface area (Å²) in [6.45, 7) is 5.26. The number of amides is 1. The van der Waals surface area contributed by atoms with Gasteiger partial charge in [-0.05, 0) is 55.4 Å². The second-order valence-electron chi connectivity index (χ2n) is 10.1. The molecule has 0 saturated carbocycles. The first-order valence-electron chi connectivity index (χ1n) is 12.9. The van der Waals surface area contributed by atoms with E-state index in [4.69, 9.17) is 14.6 Å². The van der Waals surface area contributed by atoms with Crippen molar-refractivity contribution in [2.24, 2.45) is 5.92 Å². The number of hydrogen-bond donors (Lipinski definition) is 2. The van der Waals surface area contributed by atoms with Crippen LogP contribution >= 0.6 is 0 Å². The summed E-state index contributed by atoms with van der Waals surface area (Å²) in [7, 11) is 3.58. The Kier molecular flexibility index (Phi) is 8.83. The lowest BCUT2D eigenvalue weighted by Crippen LogP contribution is -2.49. The zero-order valence-electron chi connectivity index (χ0n) is 22.7. The minimum absolute atomic E-state index is 0.0483. The number of aliphatic hydroxyl groups is 1. The monoisotopic (exact) mass is 533 g/mol. The second kappa shape index (κ2) is 12.3. The van der Waals surface area contributed by atoms with Crippen LogP contribution in [0.3, 0.4) is 0 Å². The number of carbonyl (C=O) groups is 2. The number of hydrogen-bond acceptors (Lipinski definition) is 7. The highest BCUT2D eigenvalue weighted by Gasteiger charge is 2.34. The highest BCUT2D eigenvalue weighted by Crippen LogP contribution is 2.31. The molecule has 2 heterocycles. The third-order valence-corrected chi connectivity index (χ3v) is 7.07. The van der Waals surface area contributed by atoms with Gasteiger partial charge in [0, 0.05) is 37.3 Å². The van der Waals surface area contributed by atoms with Crippen LogP contribution in [0.2, 0.25) is 0 Å². The average Bonchev–Trinajstić information content (AvgIpc) is 2.94. The number of carboxylic acids is 1. The van der Waals surface area contributed by atoms with Crippen molar-refractivity contribution in [2.75, 3.05) is 33.9 Å². The number of carboxylic acid groups (broad SMARTS) is 1. The van der Waals surface area contributed by atoms with Crippen LogP contribution in [-0.4, -0.2) is 82.9 Å². The lowest BCUT2D eigenvalue weighted by atomic mass is 9.99. The molecule has 1 aliphatic heterocycles. The molecule has 39 heavy (non-hydrogen) atoms. The molecule has 1 amide bonds. The molecule has 2 aromatic carbocycles. The van der Waals surface area contributed by atoms with Crippen LogP contribution in [0, 0.1) is 5.92 Å². The molecule has 0 saturated heterocycles. The smallest absolute Gasteiger partial charge is 0.335 e. The Hall–Kier alpha value is -3.95. The third kappa shape index (κ3) is 6.55. The summed E-state index contributed by atoms with van der Waals surface area (Å²) in [5.74, 6) is -0.276. The minimum Gasteiger partial charge on any atom is -0.497 e. The van der Waals surface area contributed by atoms with E-state index in [1.165, 1.54) is 0 Å². The van der Waals surface area contributed by atoms with Crippen molar-refractivity contribution in [2.45, 2.75) is 32.5 Å². The Morgan fingerprint density at radius 1 is 1.21 bits per heavy atom. The van der Waals surface area contributed by atoms with Gasteiger partial charge in [0.25, 0.3) is 5.91 Å². The number of carbonyl (C=O) groups excluding carboxylic acids is 1. The highest BCUT2D eigenvalue weighted by atomic mass is 16.5. The summed E-state index contributed by atoms with van der Waals surface area (Å²) in [5.41, 5.74) is 3.19. The first-order chi connectivity index (χ1) is 18.7. The van der Waals surface area contributed by atoms with Gasteiger partial charge in [-0.2, -0.15) is 0 Å². The molecular weight excluding hydrogens is 498 g/mol. The molecule has 0 radical (unpaired) electrons. The fraction of sp³-hybridized carbons (Fsp3) is 0.367. The van der Waals surface area contributed by atoms with Gasteiger partial charge in [0.05, 0.1) is 25.3 Å². The number of benzene rings is 2. The van der Waals surface area contributed by atoms with Crippen molar-refractivity contribution >= 4 is 11.9 Å². The van der Waals surface area contributed by atoms with E-state index in [0.29, 0.717) is 30.9 Å². The van der Waals surface area contributed by atoms with Gasteiger partial charge in [0.2, 0.25) is 5.88 Å². The minimum atomic E-state index is -0.955. The first kappa shape index (κ1) is 28.1. The highest BCUT2D eigenvalue weighted by molar-refractivity contribution is 5.98. The number of ether oxygens (including phenoxy) is 2. The summed E-state index contributed by atoms with van der Waals surface area (Å²) in [6, 6.07) is 15.8. The van der Waals surface area contributed by atoms with Gasteiger partial charge in [0.15, 0.2) is 0 Å². The fourth-order valence-corrected chi connectivity index (χ4v) is 4.72. The van der Waals surface area contributed by atoms with E-state index >= 15 is 0 Å². The predicted molar refractivity (Wildman–Crippen MR) is 147 cm³/mol. The number of methoxy groups -OCH3 is 1. The summed E-state index contributed by atoms with van der Waals surface area (Å²) < 4.78 is 11.8. The SMILES string of the molecule is COc1cccc(-c2cnc3c(c2)C(=O)N([C@@H](C)CO)C[C@H](C)[C@@H](CN(C)Cc2ccc(C(=O)O)cc2)O3)c1. The van der Waals surface area contributed by atoms with Crippen molar-refractivity contribution in [3.8, 4) is 22.8 Å². The van der Waals surface area contributed by atoms with Crippen LogP contribution in [0.15, 0.2) is 60.8 Å². The van der Waals surface area contributed by atoms with Crippen molar-refractivity contribution in [3.63, 3.8) is 0 Å². The maximum absolute atomic E-state index is 13.7. The fourth-order valence-electron chi connectivity index (χ4n) is 4.72. The summed E-state index contributed by atoms with van der Waals surface area (Å²) in [5, 5.41) is 19.1.